The van der Waals surface area contributed by atoms with Gasteiger partial charge in [-0.25, -0.2) is 4.68 Å². The van der Waals surface area contributed by atoms with Crippen molar-refractivity contribution in [2.75, 3.05) is 12.0 Å². The molecule has 2 heterocycles. The quantitative estimate of drug-likeness (QED) is 0.492. The minimum atomic E-state index is -0.310. The van der Waals surface area contributed by atoms with Crippen molar-refractivity contribution in [2.24, 2.45) is 0 Å². The fraction of sp³-hybridized carbons (Fsp3) is 0.136. The Bertz CT molecular complexity index is 1200. The molecule has 0 spiro atoms. The van der Waals surface area contributed by atoms with E-state index in [0.717, 1.165) is 16.8 Å². The van der Waals surface area contributed by atoms with Gasteiger partial charge in [-0.1, -0.05) is 42.5 Å². The maximum Gasteiger partial charge on any atom is 0.290 e. The maximum atomic E-state index is 12.8. The van der Waals surface area contributed by atoms with Gasteiger partial charge in [-0.3, -0.25) is 9.89 Å². The number of hydrogen-bond donors (Lipinski definition) is 2. The third kappa shape index (κ3) is 3.82. The number of nitrogens with zero attached hydrogens (tertiary/aromatic N) is 3. The van der Waals surface area contributed by atoms with Crippen molar-refractivity contribution in [1.82, 2.24) is 20.0 Å². The Labute approximate surface area is 172 Å². The fourth-order valence-electron chi connectivity index (χ4n) is 3.28. The van der Waals surface area contributed by atoms with Crippen LogP contribution in [0.5, 0.6) is 0 Å². The summed E-state index contributed by atoms with van der Waals surface area (Å²) >= 11 is 1.69. The first-order valence-electron chi connectivity index (χ1n) is 9.18. The lowest BCUT2D eigenvalue weighted by molar-refractivity contribution is 0.632. The van der Waals surface area contributed by atoms with E-state index in [1.165, 1.54) is 9.58 Å². The number of anilines is 1. The number of hydrogen-bond acceptors (Lipinski definition) is 5. The summed E-state index contributed by atoms with van der Waals surface area (Å²) in [5.41, 5.74) is 10.8. The lowest BCUT2D eigenvalue weighted by Gasteiger charge is -2.11. The second-order valence-corrected chi connectivity index (χ2v) is 7.60. The van der Waals surface area contributed by atoms with E-state index in [1.54, 1.807) is 11.8 Å². The van der Waals surface area contributed by atoms with Crippen LogP contribution in [0.15, 0.2) is 70.4 Å². The third-order valence-electron chi connectivity index (χ3n) is 4.77. The molecule has 146 valence electrons. The number of aryl methyl sites for hydroxylation is 1. The van der Waals surface area contributed by atoms with Gasteiger partial charge in [0.1, 0.15) is 5.69 Å². The van der Waals surface area contributed by atoms with Gasteiger partial charge in [0.25, 0.3) is 5.56 Å². The molecule has 29 heavy (non-hydrogen) atoms. The summed E-state index contributed by atoms with van der Waals surface area (Å²) in [6.07, 6.45) is 2.04. The molecule has 2 aromatic carbocycles. The topological polar surface area (TPSA) is 89.6 Å². The van der Waals surface area contributed by atoms with E-state index in [1.807, 2.05) is 61.7 Å². The van der Waals surface area contributed by atoms with Gasteiger partial charge in [-0.05, 0) is 36.9 Å². The number of aromatic amines is 1. The molecule has 3 N–H and O–H groups in total. The van der Waals surface area contributed by atoms with Gasteiger partial charge in [0.05, 0.1) is 29.2 Å². The van der Waals surface area contributed by atoms with E-state index in [2.05, 4.69) is 27.4 Å². The van der Waals surface area contributed by atoms with Gasteiger partial charge < -0.3 is 5.73 Å². The smallest absolute Gasteiger partial charge is 0.290 e. The van der Waals surface area contributed by atoms with Crippen molar-refractivity contribution in [3.05, 3.63) is 82.3 Å². The SMILES string of the molecule is CSc1ccc(-c2cc(-c3c(C)nn(Cc4ccccc4)c(=O)c3N)[nH]n2)cc1. The lowest BCUT2D eigenvalue weighted by atomic mass is 10.1. The van der Waals surface area contributed by atoms with Crippen LogP contribution < -0.4 is 11.3 Å². The van der Waals surface area contributed by atoms with Crippen LogP contribution in [0.1, 0.15) is 11.3 Å². The van der Waals surface area contributed by atoms with Crippen LogP contribution >= 0.6 is 11.8 Å². The van der Waals surface area contributed by atoms with Crippen LogP contribution in [0.3, 0.4) is 0 Å². The summed E-state index contributed by atoms with van der Waals surface area (Å²) < 4.78 is 1.40. The fourth-order valence-corrected chi connectivity index (χ4v) is 3.69. The molecule has 0 atom stereocenters. The molecule has 0 aliphatic heterocycles. The standard InChI is InChI=1S/C22H21N5OS/c1-14-20(19-12-18(24-25-19)16-8-10-17(29-2)11-9-16)21(23)22(28)27(26-14)13-15-6-4-3-5-7-15/h3-12H,13,23H2,1-2H3,(H,24,25). The van der Waals surface area contributed by atoms with E-state index in [-0.39, 0.29) is 11.2 Å². The number of aromatic nitrogens is 4. The number of benzene rings is 2. The summed E-state index contributed by atoms with van der Waals surface area (Å²) in [6, 6.07) is 19.8. The molecule has 4 aromatic rings. The summed E-state index contributed by atoms with van der Waals surface area (Å²) in [5.74, 6) is 0. The van der Waals surface area contributed by atoms with Crippen LogP contribution in [0.4, 0.5) is 5.69 Å². The normalized spacial score (nSPS) is 11.0. The molecule has 2 aromatic heterocycles. The monoisotopic (exact) mass is 403 g/mol. The molecular weight excluding hydrogens is 382 g/mol. The molecule has 4 rings (SSSR count). The maximum absolute atomic E-state index is 12.8. The Morgan fingerprint density at radius 1 is 1.10 bits per heavy atom. The number of rotatable bonds is 5. The van der Waals surface area contributed by atoms with Gasteiger partial charge in [-0.15, -0.1) is 11.8 Å². The molecule has 0 unspecified atom stereocenters. The molecule has 0 saturated heterocycles. The van der Waals surface area contributed by atoms with Crippen LogP contribution in [0.2, 0.25) is 0 Å². The lowest BCUT2D eigenvalue weighted by Crippen LogP contribution is -2.27. The highest BCUT2D eigenvalue weighted by molar-refractivity contribution is 7.98. The molecular formula is C22H21N5OS. The molecule has 0 aliphatic rings. The Hall–Kier alpha value is -3.32. The number of thioether (sulfide) groups is 1. The average Bonchev–Trinajstić information content (AvgIpc) is 3.22. The molecule has 0 saturated carbocycles. The molecule has 7 heteroatoms. The zero-order valence-electron chi connectivity index (χ0n) is 16.2. The molecule has 0 amide bonds. The number of H-pyrrole nitrogens is 1. The van der Waals surface area contributed by atoms with Crippen molar-refractivity contribution in [3.63, 3.8) is 0 Å². The molecule has 0 bridgehead atoms. The summed E-state index contributed by atoms with van der Waals surface area (Å²) in [5, 5.41) is 11.9. The van der Waals surface area contributed by atoms with Crippen molar-refractivity contribution in [2.45, 2.75) is 18.4 Å². The Morgan fingerprint density at radius 3 is 2.52 bits per heavy atom. The molecule has 0 fully saturated rings. The minimum Gasteiger partial charge on any atom is -0.394 e. The van der Waals surface area contributed by atoms with E-state index in [0.29, 0.717) is 23.5 Å². The predicted octanol–water partition coefficient (Wildman–Crippen LogP) is 3.96. The highest BCUT2D eigenvalue weighted by atomic mass is 32.2. The van der Waals surface area contributed by atoms with Crippen molar-refractivity contribution < 1.29 is 0 Å². The zero-order valence-corrected chi connectivity index (χ0v) is 17.0. The molecule has 0 radical (unpaired) electrons. The van der Waals surface area contributed by atoms with Gasteiger partial charge >= 0.3 is 0 Å². The predicted molar refractivity (Wildman–Crippen MR) is 118 cm³/mol. The Kier molecular flexibility index (Phi) is 5.22. The van der Waals surface area contributed by atoms with Crippen molar-refractivity contribution in [3.8, 4) is 22.5 Å². The zero-order chi connectivity index (χ0) is 20.4. The van der Waals surface area contributed by atoms with E-state index < -0.39 is 0 Å². The van der Waals surface area contributed by atoms with Crippen LogP contribution in [-0.4, -0.2) is 26.2 Å². The van der Waals surface area contributed by atoms with Gasteiger partial charge in [0, 0.05) is 10.5 Å². The summed E-state index contributed by atoms with van der Waals surface area (Å²) in [6.45, 7) is 2.22. The van der Waals surface area contributed by atoms with Gasteiger partial charge in [0.2, 0.25) is 0 Å². The minimum absolute atomic E-state index is 0.168. The number of nitrogens with two attached hydrogens (primary N) is 1. The van der Waals surface area contributed by atoms with Gasteiger partial charge in [-0.2, -0.15) is 10.2 Å². The first-order valence-corrected chi connectivity index (χ1v) is 10.4. The Morgan fingerprint density at radius 2 is 1.83 bits per heavy atom. The van der Waals surface area contributed by atoms with Crippen LogP contribution in [-0.2, 0) is 6.54 Å². The van der Waals surface area contributed by atoms with Gasteiger partial charge in [0.15, 0.2) is 0 Å². The van der Waals surface area contributed by atoms with E-state index in [4.69, 9.17) is 5.73 Å². The molecule has 0 aliphatic carbocycles. The second kappa shape index (κ2) is 7.97. The van der Waals surface area contributed by atoms with Crippen molar-refractivity contribution in [1.29, 1.82) is 0 Å². The van der Waals surface area contributed by atoms with Crippen molar-refractivity contribution >= 4 is 17.4 Å². The first kappa shape index (κ1) is 19.0. The van der Waals surface area contributed by atoms with Crippen LogP contribution in [0, 0.1) is 6.92 Å². The number of nitrogens with one attached hydrogen (secondary N) is 1. The largest absolute Gasteiger partial charge is 0.394 e. The van der Waals surface area contributed by atoms with E-state index >= 15 is 0 Å². The van der Waals surface area contributed by atoms with Crippen LogP contribution in [0.25, 0.3) is 22.5 Å². The highest BCUT2D eigenvalue weighted by Gasteiger charge is 2.17. The highest BCUT2D eigenvalue weighted by Crippen LogP contribution is 2.29. The number of nitrogen functional groups attached to an aromatic ring is 1. The summed E-state index contributed by atoms with van der Waals surface area (Å²) in [4.78, 5) is 14.0. The second-order valence-electron chi connectivity index (χ2n) is 6.72. The van der Waals surface area contributed by atoms with E-state index in [9.17, 15) is 4.79 Å². The molecule has 6 nitrogen and oxygen atoms in total. The Balaban J connectivity index is 1.69. The average molecular weight is 404 g/mol. The first-order chi connectivity index (χ1) is 14.1. The summed E-state index contributed by atoms with van der Waals surface area (Å²) in [7, 11) is 0. The third-order valence-corrected chi connectivity index (χ3v) is 5.52.